The number of nitrogens with one attached hydrogen (secondary N) is 1. The Kier molecular flexibility index (Phi) is 5.56. The lowest BCUT2D eigenvalue weighted by Gasteiger charge is -2.08. The monoisotopic (exact) mass is 304 g/mol. The van der Waals surface area contributed by atoms with Crippen molar-refractivity contribution >= 4 is 17.3 Å². The molecule has 0 aliphatic heterocycles. The first-order valence-corrected chi connectivity index (χ1v) is 6.82. The van der Waals surface area contributed by atoms with Crippen LogP contribution in [0.5, 0.6) is 0 Å². The van der Waals surface area contributed by atoms with E-state index in [9.17, 15) is 4.39 Å². The molecule has 0 fully saturated rings. The number of nitriles is 1. The normalized spacial score (nSPS) is 10.1. The molecule has 0 radical (unpaired) electrons. The Morgan fingerprint density at radius 2 is 1.95 bits per heavy atom. The number of rotatable bonds is 6. The van der Waals surface area contributed by atoms with Crippen LogP contribution in [0.1, 0.15) is 11.1 Å². The van der Waals surface area contributed by atoms with Crippen molar-refractivity contribution in [3.63, 3.8) is 0 Å². The maximum absolute atomic E-state index is 13.6. The summed E-state index contributed by atoms with van der Waals surface area (Å²) in [6, 6.07) is 13.6. The lowest BCUT2D eigenvalue weighted by molar-refractivity contribution is 0.130. The summed E-state index contributed by atoms with van der Waals surface area (Å²) in [4.78, 5) is 0. The smallest absolute Gasteiger partial charge is 0.147 e. The molecule has 0 aliphatic carbocycles. The molecule has 3 nitrogen and oxygen atoms in total. The molecule has 0 aromatic heterocycles. The van der Waals surface area contributed by atoms with Gasteiger partial charge in [-0.15, -0.1) is 0 Å². The van der Waals surface area contributed by atoms with Crippen molar-refractivity contribution in [2.24, 2.45) is 0 Å². The van der Waals surface area contributed by atoms with E-state index in [0.29, 0.717) is 36.0 Å². The predicted octanol–water partition coefficient (Wildman–Crippen LogP) is 3.98. The first-order valence-electron chi connectivity index (χ1n) is 6.45. The second-order valence-electron chi connectivity index (χ2n) is 4.41. The molecule has 0 amide bonds. The highest BCUT2D eigenvalue weighted by Crippen LogP contribution is 2.15. The van der Waals surface area contributed by atoms with Gasteiger partial charge in [0.25, 0.3) is 0 Å². The maximum atomic E-state index is 13.6. The number of ether oxygens (including phenoxy) is 1. The molecule has 5 heteroatoms. The number of benzene rings is 2. The average molecular weight is 305 g/mol. The van der Waals surface area contributed by atoms with E-state index in [1.54, 1.807) is 12.1 Å². The molecular formula is C16H14ClFN2O. The molecule has 108 valence electrons. The first kappa shape index (κ1) is 15.3. The van der Waals surface area contributed by atoms with Gasteiger partial charge >= 0.3 is 0 Å². The van der Waals surface area contributed by atoms with Crippen molar-refractivity contribution in [2.75, 3.05) is 18.5 Å². The summed E-state index contributed by atoms with van der Waals surface area (Å²) in [6.45, 7) is 1.41. The molecule has 0 aliphatic rings. The third kappa shape index (κ3) is 4.75. The first-order chi connectivity index (χ1) is 10.2. The van der Waals surface area contributed by atoms with E-state index in [2.05, 4.69) is 5.32 Å². The van der Waals surface area contributed by atoms with E-state index in [4.69, 9.17) is 21.6 Å². The molecule has 0 saturated carbocycles. The second kappa shape index (κ2) is 7.63. The van der Waals surface area contributed by atoms with Crippen LogP contribution >= 0.6 is 11.6 Å². The second-order valence-corrected chi connectivity index (χ2v) is 4.85. The standard InChI is InChI=1S/C16H14ClFN2O/c17-14-4-1-12(2-5-14)11-21-8-7-20-16-6-3-13(10-19)9-15(16)18/h1-6,9,20H,7-8,11H2. The topological polar surface area (TPSA) is 45.0 Å². The van der Waals surface area contributed by atoms with Gasteiger partial charge in [0, 0.05) is 11.6 Å². The zero-order chi connectivity index (χ0) is 15.1. The summed E-state index contributed by atoms with van der Waals surface area (Å²) < 4.78 is 19.1. The molecule has 0 spiro atoms. The number of anilines is 1. The van der Waals surface area contributed by atoms with Crippen LogP contribution < -0.4 is 5.32 Å². The minimum Gasteiger partial charge on any atom is -0.380 e. The average Bonchev–Trinajstić information content (AvgIpc) is 2.50. The summed E-state index contributed by atoms with van der Waals surface area (Å²) in [5, 5.41) is 12.3. The largest absolute Gasteiger partial charge is 0.380 e. The van der Waals surface area contributed by atoms with Gasteiger partial charge in [0.05, 0.1) is 30.5 Å². The number of nitrogens with zero attached hydrogens (tertiary/aromatic N) is 1. The minimum absolute atomic E-state index is 0.303. The van der Waals surface area contributed by atoms with Gasteiger partial charge in [0.1, 0.15) is 5.82 Å². The molecular weight excluding hydrogens is 291 g/mol. The van der Waals surface area contributed by atoms with Gasteiger partial charge in [0.15, 0.2) is 0 Å². The molecule has 2 rings (SSSR count). The van der Waals surface area contributed by atoms with Gasteiger partial charge < -0.3 is 10.1 Å². The van der Waals surface area contributed by atoms with Crippen LogP contribution in [0, 0.1) is 17.1 Å². The van der Waals surface area contributed by atoms with Crippen molar-refractivity contribution in [3.8, 4) is 6.07 Å². The highest BCUT2D eigenvalue weighted by Gasteiger charge is 2.02. The van der Waals surface area contributed by atoms with E-state index in [1.807, 2.05) is 30.3 Å². The zero-order valence-electron chi connectivity index (χ0n) is 11.3. The van der Waals surface area contributed by atoms with Crippen LogP contribution in [-0.2, 0) is 11.3 Å². The SMILES string of the molecule is N#Cc1ccc(NCCOCc2ccc(Cl)cc2)c(F)c1. The Morgan fingerprint density at radius 1 is 1.19 bits per heavy atom. The zero-order valence-corrected chi connectivity index (χ0v) is 12.0. The Balaban J connectivity index is 1.72. The van der Waals surface area contributed by atoms with Gasteiger partial charge in [-0.05, 0) is 35.9 Å². The number of halogens is 2. The maximum Gasteiger partial charge on any atom is 0.147 e. The van der Waals surface area contributed by atoms with E-state index >= 15 is 0 Å². The summed E-state index contributed by atoms with van der Waals surface area (Å²) in [5.74, 6) is -0.438. The summed E-state index contributed by atoms with van der Waals surface area (Å²) in [6.07, 6.45) is 0. The van der Waals surface area contributed by atoms with Crippen molar-refractivity contribution in [1.82, 2.24) is 0 Å². The summed E-state index contributed by atoms with van der Waals surface area (Å²) >= 11 is 5.79. The van der Waals surface area contributed by atoms with Crippen molar-refractivity contribution in [2.45, 2.75) is 6.61 Å². The summed E-state index contributed by atoms with van der Waals surface area (Å²) in [5.41, 5.74) is 1.70. The van der Waals surface area contributed by atoms with Gasteiger partial charge in [-0.2, -0.15) is 5.26 Å². The Morgan fingerprint density at radius 3 is 2.62 bits per heavy atom. The number of hydrogen-bond acceptors (Lipinski definition) is 3. The van der Waals surface area contributed by atoms with Crippen molar-refractivity contribution < 1.29 is 9.13 Å². The fraction of sp³-hybridized carbons (Fsp3) is 0.188. The fourth-order valence-corrected chi connectivity index (χ4v) is 1.88. The molecule has 0 heterocycles. The van der Waals surface area contributed by atoms with E-state index in [0.717, 1.165) is 5.56 Å². The molecule has 0 atom stereocenters. The van der Waals surface area contributed by atoms with Crippen LogP contribution in [0.2, 0.25) is 5.02 Å². The quantitative estimate of drug-likeness (QED) is 0.821. The van der Waals surface area contributed by atoms with Crippen LogP contribution in [0.4, 0.5) is 10.1 Å². The van der Waals surface area contributed by atoms with Gasteiger partial charge in [0.2, 0.25) is 0 Å². The Labute approximate surface area is 127 Å². The molecule has 0 bridgehead atoms. The highest BCUT2D eigenvalue weighted by atomic mass is 35.5. The van der Waals surface area contributed by atoms with E-state index in [1.165, 1.54) is 6.07 Å². The van der Waals surface area contributed by atoms with Gasteiger partial charge in [-0.25, -0.2) is 4.39 Å². The lowest BCUT2D eigenvalue weighted by Crippen LogP contribution is -2.10. The molecule has 1 N–H and O–H groups in total. The number of hydrogen-bond donors (Lipinski definition) is 1. The van der Waals surface area contributed by atoms with E-state index in [-0.39, 0.29) is 0 Å². The van der Waals surface area contributed by atoms with Crippen LogP contribution in [0.25, 0.3) is 0 Å². The van der Waals surface area contributed by atoms with Crippen LogP contribution in [-0.4, -0.2) is 13.2 Å². The third-order valence-corrected chi connectivity index (χ3v) is 3.09. The molecule has 2 aromatic rings. The van der Waals surface area contributed by atoms with Gasteiger partial charge in [-0.1, -0.05) is 23.7 Å². The predicted molar refractivity (Wildman–Crippen MR) is 80.7 cm³/mol. The summed E-state index contributed by atoms with van der Waals surface area (Å²) in [7, 11) is 0. The minimum atomic E-state index is -0.438. The third-order valence-electron chi connectivity index (χ3n) is 2.84. The lowest BCUT2D eigenvalue weighted by atomic mass is 10.2. The van der Waals surface area contributed by atoms with Crippen LogP contribution in [0.3, 0.4) is 0 Å². The van der Waals surface area contributed by atoms with Crippen molar-refractivity contribution in [1.29, 1.82) is 5.26 Å². The Bertz CT molecular complexity index is 638. The molecule has 2 aromatic carbocycles. The van der Waals surface area contributed by atoms with Crippen LogP contribution in [0.15, 0.2) is 42.5 Å². The van der Waals surface area contributed by atoms with Crippen molar-refractivity contribution in [3.05, 3.63) is 64.4 Å². The van der Waals surface area contributed by atoms with E-state index < -0.39 is 5.82 Å². The Hall–Kier alpha value is -2.09. The molecule has 0 saturated heterocycles. The highest BCUT2D eigenvalue weighted by molar-refractivity contribution is 6.30. The molecule has 0 unspecified atom stereocenters. The fourth-order valence-electron chi connectivity index (χ4n) is 1.76. The van der Waals surface area contributed by atoms with Gasteiger partial charge in [-0.3, -0.25) is 0 Å². The molecule has 21 heavy (non-hydrogen) atoms.